The summed E-state index contributed by atoms with van der Waals surface area (Å²) >= 11 is 0. The molecule has 28 heavy (non-hydrogen) atoms. The Morgan fingerprint density at radius 3 is 1.75 bits per heavy atom. The van der Waals surface area contributed by atoms with Crippen molar-refractivity contribution in [3.63, 3.8) is 0 Å². The van der Waals surface area contributed by atoms with E-state index in [9.17, 15) is 29.7 Å². The lowest BCUT2D eigenvalue weighted by atomic mass is 10.0. The SMILES string of the molecule is C/C=C/CCCCCC[N+](CC(C)C(=O)[O-])(CC(C)C(=O)O)CC(C)C(=O)O. The van der Waals surface area contributed by atoms with E-state index in [2.05, 4.69) is 6.08 Å². The molecule has 0 heterocycles. The molecule has 7 heteroatoms. The van der Waals surface area contributed by atoms with Gasteiger partial charge in [0, 0.05) is 11.9 Å². The number of carboxylic acids is 3. The maximum Gasteiger partial charge on any atom is 0.311 e. The molecular weight excluding hydrogens is 362 g/mol. The molecule has 0 saturated heterocycles. The topological polar surface area (TPSA) is 115 Å². The quantitative estimate of drug-likeness (QED) is 0.233. The lowest BCUT2D eigenvalue weighted by molar-refractivity contribution is -0.934. The molecule has 2 N–H and O–H groups in total. The molecule has 0 aliphatic heterocycles. The summed E-state index contributed by atoms with van der Waals surface area (Å²) in [5.41, 5.74) is 0. The van der Waals surface area contributed by atoms with Crippen molar-refractivity contribution in [3.05, 3.63) is 12.2 Å². The second-order valence-electron chi connectivity index (χ2n) is 8.08. The van der Waals surface area contributed by atoms with Gasteiger partial charge in [-0.2, -0.15) is 0 Å². The van der Waals surface area contributed by atoms with Crippen molar-refractivity contribution in [2.24, 2.45) is 17.8 Å². The van der Waals surface area contributed by atoms with Gasteiger partial charge in [0.25, 0.3) is 0 Å². The van der Waals surface area contributed by atoms with E-state index in [4.69, 9.17) is 0 Å². The molecule has 0 bridgehead atoms. The molecule has 3 unspecified atom stereocenters. The van der Waals surface area contributed by atoms with Crippen molar-refractivity contribution in [2.75, 3.05) is 26.2 Å². The fourth-order valence-corrected chi connectivity index (χ4v) is 3.70. The molecule has 0 rings (SSSR count). The van der Waals surface area contributed by atoms with Crippen LogP contribution in [0.5, 0.6) is 0 Å². The number of carboxylic acid groups (broad SMARTS) is 3. The van der Waals surface area contributed by atoms with E-state index in [1.54, 1.807) is 13.8 Å². The third-order valence-corrected chi connectivity index (χ3v) is 5.22. The zero-order valence-electron chi connectivity index (χ0n) is 17.7. The van der Waals surface area contributed by atoms with Gasteiger partial charge in [-0.25, -0.2) is 0 Å². The highest BCUT2D eigenvalue weighted by atomic mass is 16.4. The average molecular weight is 400 g/mol. The van der Waals surface area contributed by atoms with Gasteiger partial charge in [0.2, 0.25) is 0 Å². The first-order valence-electron chi connectivity index (χ1n) is 10.2. The maximum atomic E-state index is 11.4. The molecule has 3 atom stereocenters. The van der Waals surface area contributed by atoms with Crippen LogP contribution in [0.15, 0.2) is 12.2 Å². The van der Waals surface area contributed by atoms with Crippen molar-refractivity contribution in [1.82, 2.24) is 0 Å². The van der Waals surface area contributed by atoms with Crippen molar-refractivity contribution in [2.45, 2.75) is 59.8 Å². The van der Waals surface area contributed by atoms with Crippen molar-refractivity contribution >= 4 is 17.9 Å². The Hall–Kier alpha value is -1.89. The number of hydrogen-bond donors (Lipinski definition) is 2. The Kier molecular flexibility index (Phi) is 12.4. The Morgan fingerprint density at radius 2 is 1.32 bits per heavy atom. The summed E-state index contributed by atoms with van der Waals surface area (Å²) in [6, 6.07) is 0. The number of unbranched alkanes of at least 4 members (excludes halogenated alkanes) is 4. The van der Waals surface area contributed by atoms with Gasteiger partial charge in [-0.15, -0.1) is 0 Å². The first-order valence-corrected chi connectivity index (χ1v) is 10.2. The minimum absolute atomic E-state index is 0.172. The summed E-state index contributed by atoms with van der Waals surface area (Å²) in [4.78, 5) is 34.2. The lowest BCUT2D eigenvalue weighted by Crippen LogP contribution is -2.58. The number of carbonyl (C=O) groups is 3. The fraction of sp³-hybridized carbons (Fsp3) is 0.762. The number of nitrogens with zero attached hydrogens (tertiary/aromatic N) is 1. The van der Waals surface area contributed by atoms with Gasteiger partial charge >= 0.3 is 11.9 Å². The zero-order chi connectivity index (χ0) is 21.7. The van der Waals surface area contributed by atoms with Gasteiger partial charge in [0.1, 0.15) is 11.8 Å². The molecule has 0 aromatic rings. The van der Waals surface area contributed by atoms with Crippen LogP contribution in [0.2, 0.25) is 0 Å². The number of hydrogen-bond acceptors (Lipinski definition) is 4. The minimum atomic E-state index is -1.19. The summed E-state index contributed by atoms with van der Waals surface area (Å²) < 4.78 is 0.172. The molecule has 0 fully saturated rings. The van der Waals surface area contributed by atoms with E-state index in [-0.39, 0.29) is 24.1 Å². The van der Waals surface area contributed by atoms with Crippen LogP contribution in [0, 0.1) is 17.8 Å². The van der Waals surface area contributed by atoms with Crippen LogP contribution < -0.4 is 5.11 Å². The first kappa shape index (κ1) is 26.1. The highest BCUT2D eigenvalue weighted by Crippen LogP contribution is 2.21. The van der Waals surface area contributed by atoms with Gasteiger partial charge in [-0.05, 0) is 46.5 Å². The Bertz CT molecular complexity index is 476. The van der Waals surface area contributed by atoms with E-state index >= 15 is 0 Å². The zero-order valence-corrected chi connectivity index (χ0v) is 17.7. The maximum absolute atomic E-state index is 11.4. The summed E-state index contributed by atoms with van der Waals surface area (Å²) in [5, 5.41) is 30.1. The summed E-state index contributed by atoms with van der Waals surface area (Å²) in [7, 11) is 0. The van der Waals surface area contributed by atoms with Gasteiger partial charge in [-0.3, -0.25) is 9.59 Å². The second-order valence-corrected chi connectivity index (χ2v) is 8.08. The molecule has 162 valence electrons. The molecule has 0 saturated carbocycles. The predicted molar refractivity (Wildman–Crippen MR) is 105 cm³/mol. The van der Waals surface area contributed by atoms with E-state index in [0.717, 1.165) is 32.1 Å². The summed E-state index contributed by atoms with van der Waals surface area (Å²) in [6.45, 7) is 7.86. The van der Waals surface area contributed by atoms with E-state index < -0.39 is 35.7 Å². The van der Waals surface area contributed by atoms with Crippen LogP contribution in [-0.4, -0.2) is 58.8 Å². The van der Waals surface area contributed by atoms with Crippen LogP contribution in [0.4, 0.5) is 0 Å². The fourth-order valence-electron chi connectivity index (χ4n) is 3.70. The monoisotopic (exact) mass is 399 g/mol. The Balaban J connectivity index is 5.33. The number of allylic oxidation sites excluding steroid dienone is 2. The van der Waals surface area contributed by atoms with Crippen molar-refractivity contribution < 1.29 is 34.2 Å². The Morgan fingerprint density at radius 1 is 0.857 bits per heavy atom. The van der Waals surface area contributed by atoms with Crippen molar-refractivity contribution in [1.29, 1.82) is 0 Å². The number of carbonyl (C=O) groups excluding carboxylic acids is 1. The molecule has 0 aromatic carbocycles. The molecule has 0 radical (unpaired) electrons. The van der Waals surface area contributed by atoms with Gasteiger partial charge in [0.05, 0.1) is 26.2 Å². The molecule has 0 aromatic heterocycles. The highest BCUT2D eigenvalue weighted by molar-refractivity contribution is 5.70. The van der Waals surface area contributed by atoms with Crippen LogP contribution in [0.1, 0.15) is 59.8 Å². The number of aliphatic carboxylic acids is 3. The molecule has 0 spiro atoms. The molecule has 0 amide bonds. The predicted octanol–water partition coefficient (Wildman–Crippen LogP) is 2.16. The average Bonchev–Trinajstić information content (AvgIpc) is 2.60. The smallest absolute Gasteiger partial charge is 0.311 e. The summed E-state index contributed by atoms with van der Waals surface area (Å²) in [6.07, 6.45) is 8.99. The second kappa shape index (κ2) is 13.3. The minimum Gasteiger partial charge on any atom is -0.550 e. The number of rotatable bonds is 16. The van der Waals surface area contributed by atoms with Gasteiger partial charge in [0.15, 0.2) is 0 Å². The van der Waals surface area contributed by atoms with Crippen LogP contribution in [0.25, 0.3) is 0 Å². The first-order chi connectivity index (χ1) is 13.0. The van der Waals surface area contributed by atoms with E-state index in [0.29, 0.717) is 6.54 Å². The molecule has 7 nitrogen and oxygen atoms in total. The van der Waals surface area contributed by atoms with Crippen LogP contribution >= 0.6 is 0 Å². The molecule has 0 aliphatic rings. The van der Waals surface area contributed by atoms with Crippen molar-refractivity contribution in [3.8, 4) is 0 Å². The lowest BCUT2D eigenvalue weighted by Gasteiger charge is -2.43. The third-order valence-electron chi connectivity index (χ3n) is 5.22. The van der Waals surface area contributed by atoms with Gasteiger partial charge < -0.3 is 24.6 Å². The third kappa shape index (κ3) is 10.4. The molecule has 0 aliphatic carbocycles. The van der Waals surface area contributed by atoms with Crippen LogP contribution in [-0.2, 0) is 14.4 Å². The molecular formula is C21H37NO6. The van der Waals surface area contributed by atoms with E-state index in [1.165, 1.54) is 6.92 Å². The Labute approximate surface area is 168 Å². The normalized spacial score (nSPS) is 17.0. The standard InChI is InChI=1S/C21H37NO6/c1-5-6-7-8-9-10-11-12-22(13-16(2)19(23)24,14-17(3)20(25)26)15-18(4)21(27)28/h5-6,16-18H,7-15H2,1-4H3,(H2-,23,24,25,26,27,28)/b6-5+. The summed E-state index contributed by atoms with van der Waals surface area (Å²) in [5.74, 6) is -5.28. The largest absolute Gasteiger partial charge is 0.550 e. The highest BCUT2D eigenvalue weighted by Gasteiger charge is 2.36. The van der Waals surface area contributed by atoms with Gasteiger partial charge in [-0.1, -0.05) is 25.5 Å². The van der Waals surface area contributed by atoms with E-state index in [1.807, 2.05) is 13.0 Å². The van der Waals surface area contributed by atoms with Crippen LogP contribution in [0.3, 0.4) is 0 Å². The number of quaternary nitrogens is 1.